The normalized spacial score (nSPS) is 12.6. The van der Waals surface area contributed by atoms with Crippen LogP contribution in [-0.2, 0) is 6.54 Å². The summed E-state index contributed by atoms with van der Waals surface area (Å²) in [5.74, 6) is 0.192. The maximum absolute atomic E-state index is 12.1. The van der Waals surface area contributed by atoms with E-state index in [1.165, 1.54) is 5.56 Å². The maximum Gasteiger partial charge on any atom is 0.168 e. The molecule has 0 aliphatic carbocycles. The summed E-state index contributed by atoms with van der Waals surface area (Å²) in [5, 5.41) is 3.43. The van der Waals surface area contributed by atoms with Gasteiger partial charge in [0, 0.05) is 23.1 Å². The Morgan fingerprint density at radius 1 is 1.00 bits per heavy atom. The van der Waals surface area contributed by atoms with E-state index in [1.807, 2.05) is 45.0 Å². The van der Waals surface area contributed by atoms with Crippen molar-refractivity contribution in [3.63, 3.8) is 0 Å². The van der Waals surface area contributed by atoms with Crippen LogP contribution in [0.25, 0.3) is 0 Å². The van der Waals surface area contributed by atoms with Gasteiger partial charge < -0.3 is 5.32 Å². The highest BCUT2D eigenvalue weighted by atomic mass is 16.1. The van der Waals surface area contributed by atoms with Crippen molar-refractivity contribution >= 4 is 5.78 Å². The first kappa shape index (κ1) is 14.9. The molecule has 0 atom stereocenters. The van der Waals surface area contributed by atoms with Crippen molar-refractivity contribution < 1.29 is 4.79 Å². The average Bonchev–Trinajstić information content (AvgIpc) is 2.24. The van der Waals surface area contributed by atoms with Crippen LogP contribution in [0.3, 0.4) is 0 Å². The van der Waals surface area contributed by atoms with Crippen molar-refractivity contribution in [1.29, 1.82) is 0 Å². The summed E-state index contributed by atoms with van der Waals surface area (Å²) in [7, 11) is 0. The topological polar surface area (TPSA) is 29.1 Å². The van der Waals surface area contributed by atoms with Gasteiger partial charge in [-0.05, 0) is 26.3 Å². The number of hydrogen-bond donors (Lipinski definition) is 1. The number of hydrogen-bond acceptors (Lipinski definition) is 2. The van der Waals surface area contributed by atoms with Gasteiger partial charge in [-0.3, -0.25) is 4.79 Å². The van der Waals surface area contributed by atoms with Gasteiger partial charge in [-0.25, -0.2) is 0 Å². The van der Waals surface area contributed by atoms with Gasteiger partial charge in [0.15, 0.2) is 5.78 Å². The second-order valence-electron chi connectivity index (χ2n) is 6.88. The smallest absolute Gasteiger partial charge is 0.168 e. The fourth-order valence-corrected chi connectivity index (χ4v) is 1.57. The van der Waals surface area contributed by atoms with Crippen LogP contribution < -0.4 is 5.32 Å². The molecule has 0 aliphatic heterocycles. The van der Waals surface area contributed by atoms with E-state index in [4.69, 9.17) is 0 Å². The summed E-state index contributed by atoms with van der Waals surface area (Å²) in [6, 6.07) is 7.90. The van der Waals surface area contributed by atoms with Crippen molar-refractivity contribution in [1.82, 2.24) is 5.32 Å². The molecule has 0 unspecified atom stereocenters. The van der Waals surface area contributed by atoms with Gasteiger partial charge in [-0.2, -0.15) is 0 Å². The molecule has 1 rings (SSSR count). The summed E-state index contributed by atoms with van der Waals surface area (Å²) in [4.78, 5) is 12.1. The van der Waals surface area contributed by atoms with Crippen LogP contribution in [0.4, 0.5) is 0 Å². The van der Waals surface area contributed by atoms with Crippen molar-refractivity contribution in [3.05, 3.63) is 35.4 Å². The Labute approximate surface area is 111 Å². The molecular weight excluding hydrogens is 222 g/mol. The minimum atomic E-state index is -0.314. The summed E-state index contributed by atoms with van der Waals surface area (Å²) in [6.45, 7) is 13.1. The first-order chi connectivity index (χ1) is 8.09. The lowest BCUT2D eigenvalue weighted by atomic mass is 9.86. The highest BCUT2D eigenvalue weighted by Crippen LogP contribution is 2.21. The fourth-order valence-electron chi connectivity index (χ4n) is 1.57. The van der Waals surface area contributed by atoms with Gasteiger partial charge in [0.25, 0.3) is 0 Å². The minimum absolute atomic E-state index is 0.111. The predicted molar refractivity (Wildman–Crippen MR) is 76.8 cm³/mol. The molecule has 0 amide bonds. The SMILES string of the molecule is CC(C)(C)NCc1ccc(C(=O)C(C)(C)C)cc1. The number of ketones is 1. The largest absolute Gasteiger partial charge is 0.308 e. The minimum Gasteiger partial charge on any atom is -0.308 e. The van der Waals surface area contributed by atoms with E-state index < -0.39 is 0 Å². The molecule has 1 N–H and O–H groups in total. The first-order valence-electron chi connectivity index (χ1n) is 6.48. The van der Waals surface area contributed by atoms with Crippen molar-refractivity contribution in [2.45, 2.75) is 53.6 Å². The first-order valence-corrected chi connectivity index (χ1v) is 6.48. The lowest BCUT2D eigenvalue weighted by Crippen LogP contribution is -2.35. The van der Waals surface area contributed by atoms with E-state index >= 15 is 0 Å². The molecule has 0 aliphatic rings. The van der Waals surface area contributed by atoms with E-state index in [2.05, 4.69) is 26.1 Å². The third kappa shape index (κ3) is 4.61. The lowest BCUT2D eigenvalue weighted by Gasteiger charge is -2.21. The molecule has 2 heteroatoms. The lowest BCUT2D eigenvalue weighted by molar-refractivity contribution is 0.0858. The molecule has 18 heavy (non-hydrogen) atoms. The molecule has 0 heterocycles. The average molecular weight is 247 g/mol. The second kappa shape index (κ2) is 5.23. The highest BCUT2D eigenvalue weighted by molar-refractivity contribution is 5.99. The van der Waals surface area contributed by atoms with E-state index in [0.717, 1.165) is 12.1 Å². The summed E-state index contributed by atoms with van der Waals surface area (Å²) in [6.07, 6.45) is 0. The van der Waals surface area contributed by atoms with Crippen LogP contribution in [0, 0.1) is 5.41 Å². The predicted octanol–water partition coefficient (Wildman–Crippen LogP) is 3.80. The Balaban J connectivity index is 2.72. The van der Waals surface area contributed by atoms with Crippen LogP contribution >= 0.6 is 0 Å². The fraction of sp³-hybridized carbons (Fsp3) is 0.562. The molecule has 0 radical (unpaired) electrons. The number of rotatable bonds is 3. The molecule has 0 saturated heterocycles. The molecule has 0 aromatic heterocycles. The van der Waals surface area contributed by atoms with Crippen LogP contribution in [0.5, 0.6) is 0 Å². The Kier molecular flexibility index (Phi) is 4.33. The Morgan fingerprint density at radius 3 is 1.89 bits per heavy atom. The standard InChI is InChI=1S/C16H25NO/c1-15(2,3)14(18)13-9-7-12(8-10-13)11-17-16(4,5)6/h7-10,17H,11H2,1-6H3. The summed E-state index contributed by atoms with van der Waals surface area (Å²) >= 11 is 0. The van der Waals surface area contributed by atoms with E-state index in [1.54, 1.807) is 0 Å². The molecule has 0 bridgehead atoms. The molecule has 0 saturated carbocycles. The monoisotopic (exact) mass is 247 g/mol. The Bertz CT molecular complexity index is 404. The zero-order valence-electron chi connectivity index (χ0n) is 12.4. The van der Waals surface area contributed by atoms with Gasteiger partial charge in [0.2, 0.25) is 0 Å². The van der Waals surface area contributed by atoms with Gasteiger partial charge in [0.1, 0.15) is 0 Å². The van der Waals surface area contributed by atoms with Gasteiger partial charge in [0.05, 0.1) is 0 Å². The molecule has 1 aromatic carbocycles. The highest BCUT2D eigenvalue weighted by Gasteiger charge is 2.22. The molecule has 1 aromatic rings. The van der Waals surface area contributed by atoms with Crippen LogP contribution in [0.15, 0.2) is 24.3 Å². The number of benzene rings is 1. The van der Waals surface area contributed by atoms with Crippen LogP contribution in [0.2, 0.25) is 0 Å². The Morgan fingerprint density at radius 2 is 1.50 bits per heavy atom. The molecule has 0 spiro atoms. The van der Waals surface area contributed by atoms with Gasteiger partial charge >= 0.3 is 0 Å². The number of nitrogens with one attached hydrogen (secondary N) is 1. The summed E-state index contributed by atoms with van der Waals surface area (Å²) in [5.41, 5.74) is 1.79. The van der Waals surface area contributed by atoms with Crippen molar-refractivity contribution in [2.75, 3.05) is 0 Å². The number of carbonyl (C=O) groups excluding carboxylic acids is 1. The number of Topliss-reactive ketones (excluding diaryl/α,β-unsaturated/α-hetero) is 1. The van der Waals surface area contributed by atoms with E-state index in [9.17, 15) is 4.79 Å². The van der Waals surface area contributed by atoms with E-state index in [-0.39, 0.29) is 16.7 Å². The quantitative estimate of drug-likeness (QED) is 0.823. The maximum atomic E-state index is 12.1. The summed E-state index contributed by atoms with van der Waals surface area (Å²) < 4.78 is 0. The molecule has 2 nitrogen and oxygen atoms in total. The van der Waals surface area contributed by atoms with Crippen molar-refractivity contribution in [3.8, 4) is 0 Å². The van der Waals surface area contributed by atoms with E-state index in [0.29, 0.717) is 0 Å². The van der Waals surface area contributed by atoms with Crippen LogP contribution in [-0.4, -0.2) is 11.3 Å². The number of carbonyl (C=O) groups is 1. The van der Waals surface area contributed by atoms with Crippen LogP contribution in [0.1, 0.15) is 57.5 Å². The van der Waals surface area contributed by atoms with Gasteiger partial charge in [-0.1, -0.05) is 45.0 Å². The molecular formula is C16H25NO. The Hall–Kier alpha value is -1.15. The van der Waals surface area contributed by atoms with Crippen molar-refractivity contribution in [2.24, 2.45) is 5.41 Å². The third-order valence-corrected chi connectivity index (χ3v) is 2.72. The zero-order valence-corrected chi connectivity index (χ0v) is 12.4. The molecule has 100 valence electrons. The molecule has 0 fully saturated rings. The van der Waals surface area contributed by atoms with Gasteiger partial charge in [-0.15, -0.1) is 0 Å². The zero-order chi connectivity index (χ0) is 14.0. The second-order valence-corrected chi connectivity index (χ2v) is 6.88. The third-order valence-electron chi connectivity index (χ3n) is 2.72.